The van der Waals surface area contributed by atoms with Gasteiger partial charge in [0.25, 0.3) is 0 Å². The van der Waals surface area contributed by atoms with Crippen LogP contribution in [0.4, 0.5) is 0 Å². The van der Waals surface area contributed by atoms with E-state index in [0.29, 0.717) is 35.5 Å². The average molecular weight is 1230 g/mol. The summed E-state index contributed by atoms with van der Waals surface area (Å²) in [5, 5.41) is 2.75. The molecule has 0 heterocycles. The lowest BCUT2D eigenvalue weighted by Crippen LogP contribution is -1.93. The molecule has 90 heavy (non-hydrogen) atoms. The molecule has 0 aromatic heterocycles. The van der Waals surface area contributed by atoms with Crippen molar-refractivity contribution in [1.29, 1.82) is 0 Å². The highest BCUT2D eigenvalue weighted by Crippen LogP contribution is 2.37. The summed E-state index contributed by atoms with van der Waals surface area (Å²) in [5.41, 5.74) is 23.5. The highest BCUT2D eigenvalue weighted by atomic mass is 14.2. The summed E-state index contributed by atoms with van der Waals surface area (Å²) in [6.45, 7) is 74.7. The molecule has 0 saturated carbocycles. The Kier molecular flexibility index (Phi) is 58.7. The van der Waals surface area contributed by atoms with Gasteiger partial charge in [0.05, 0.1) is 0 Å². The Hall–Kier alpha value is -5.98. The van der Waals surface area contributed by atoms with E-state index in [0.717, 1.165) is 12.3 Å². The molecule has 0 radical (unpaired) electrons. The van der Waals surface area contributed by atoms with E-state index in [1.165, 1.54) is 89.5 Å². The number of rotatable bonds is 7. The van der Waals surface area contributed by atoms with Crippen molar-refractivity contribution in [3.8, 4) is 0 Å². The van der Waals surface area contributed by atoms with Crippen molar-refractivity contribution in [3.63, 3.8) is 0 Å². The van der Waals surface area contributed by atoms with Crippen molar-refractivity contribution in [2.24, 2.45) is 11.8 Å². The summed E-state index contributed by atoms with van der Waals surface area (Å²) in [5.74, 6) is 4.61. The molecule has 7 aromatic rings. The van der Waals surface area contributed by atoms with E-state index in [-0.39, 0.29) is 0 Å². The zero-order valence-corrected chi connectivity index (χ0v) is 65.6. The molecule has 0 bridgehead atoms. The highest BCUT2D eigenvalue weighted by molar-refractivity contribution is 5.87. The Morgan fingerprint density at radius 3 is 0.889 bits per heavy atom. The van der Waals surface area contributed by atoms with Gasteiger partial charge >= 0.3 is 0 Å². The van der Waals surface area contributed by atoms with E-state index in [1.807, 2.05) is 96.9 Å². The van der Waals surface area contributed by atoms with Gasteiger partial charge in [-0.3, -0.25) is 0 Å². The Bertz CT molecular complexity index is 2720. The molecule has 0 nitrogen and oxygen atoms in total. The number of fused-ring (bicyclic) bond motifs is 2. The van der Waals surface area contributed by atoms with Crippen molar-refractivity contribution in [2.75, 3.05) is 0 Å². The van der Waals surface area contributed by atoms with Gasteiger partial charge < -0.3 is 0 Å². The normalized spacial score (nSPS) is 10.9. The predicted molar refractivity (Wildman–Crippen MR) is 422 cm³/mol. The molecule has 0 saturated heterocycles. The first kappa shape index (κ1) is 92.7. The van der Waals surface area contributed by atoms with Gasteiger partial charge in [-0.2, -0.15) is 0 Å². The molecule has 0 aliphatic heterocycles. The molecule has 0 amide bonds. The van der Waals surface area contributed by atoms with Crippen molar-refractivity contribution in [3.05, 3.63) is 253 Å². The van der Waals surface area contributed by atoms with Crippen LogP contribution >= 0.6 is 0 Å². The van der Waals surface area contributed by atoms with Crippen LogP contribution in [-0.4, -0.2) is 0 Å². The minimum atomic E-state index is 0.598. The summed E-state index contributed by atoms with van der Waals surface area (Å²) in [4.78, 5) is 0. The number of allylic oxidation sites excluding steroid dienone is 6. The molecule has 7 aromatic carbocycles. The van der Waals surface area contributed by atoms with E-state index < -0.39 is 0 Å². The average Bonchev–Trinajstić information content (AvgIpc) is 2.10. The summed E-state index contributed by atoms with van der Waals surface area (Å²) < 4.78 is 0. The zero-order valence-electron chi connectivity index (χ0n) is 65.6. The number of aryl methyl sites for hydroxylation is 5. The molecule has 2 aliphatic rings. The first-order chi connectivity index (χ1) is 43.0. The molecule has 0 heteroatoms. The molecule has 504 valence electrons. The fourth-order valence-electron chi connectivity index (χ4n) is 10.8. The summed E-state index contributed by atoms with van der Waals surface area (Å²) in [6.07, 6.45) is 6.80. The monoisotopic (exact) mass is 1230 g/mol. The first-order valence-corrected chi connectivity index (χ1v) is 35.8. The van der Waals surface area contributed by atoms with Gasteiger partial charge in [0, 0.05) is 0 Å². The maximum atomic E-state index is 2.28. The largest absolute Gasteiger partial charge is 0.0802 e. The van der Waals surface area contributed by atoms with Crippen LogP contribution in [0.3, 0.4) is 0 Å². The van der Waals surface area contributed by atoms with Crippen LogP contribution in [0, 0.1) is 46.5 Å². The minimum Gasteiger partial charge on any atom is -0.0802 e. The second-order valence-corrected chi connectivity index (χ2v) is 23.4. The van der Waals surface area contributed by atoms with Crippen molar-refractivity contribution < 1.29 is 0 Å². The van der Waals surface area contributed by atoms with Crippen molar-refractivity contribution >= 4 is 16.3 Å². The Morgan fingerprint density at radius 2 is 0.611 bits per heavy atom. The maximum Gasteiger partial charge on any atom is -0.00577 e. The molecule has 0 atom stereocenters. The number of hydrogen-bond donors (Lipinski definition) is 0. The minimum absolute atomic E-state index is 0.598. The van der Waals surface area contributed by atoms with E-state index >= 15 is 0 Å². The lowest BCUT2D eigenvalue weighted by Gasteiger charge is -2.13. The SMILES string of the molecule is CC.CC.CC.CC.CC.CC.CC.CC1=C(C(C)C)CC=C1.CC1=C(C(C)C)c2ccccc2C1.Cc1ccc2ccccc2c1C(C)C.Cc1ccccc1C(C)C.Cc1ccccc1C(C)C.Cc1ccccc1C(C)C.Cc1ccccc1C(C)C. The van der Waals surface area contributed by atoms with Gasteiger partial charge in [-0.25, -0.2) is 0 Å². The molecular weight excluding hydrogens is 1080 g/mol. The van der Waals surface area contributed by atoms with Crippen LogP contribution < -0.4 is 0 Å². The quantitative estimate of drug-likeness (QED) is 0.149. The third kappa shape index (κ3) is 35.6. The summed E-state index contributed by atoms with van der Waals surface area (Å²) in [7, 11) is 0. The van der Waals surface area contributed by atoms with Gasteiger partial charge in [-0.15, -0.1) is 0 Å². The van der Waals surface area contributed by atoms with Crippen molar-refractivity contribution in [2.45, 2.75) is 285 Å². The van der Waals surface area contributed by atoms with Gasteiger partial charge in [0.2, 0.25) is 0 Å². The molecule has 0 unspecified atom stereocenters. The van der Waals surface area contributed by atoms with Gasteiger partial charge in [0.1, 0.15) is 0 Å². The van der Waals surface area contributed by atoms with Crippen molar-refractivity contribution in [1.82, 2.24) is 0 Å². The van der Waals surface area contributed by atoms with Gasteiger partial charge in [-0.1, -0.05) is 380 Å². The van der Waals surface area contributed by atoms with Crippen LogP contribution in [0.5, 0.6) is 0 Å². The first-order valence-electron chi connectivity index (χ1n) is 35.8. The molecule has 9 rings (SSSR count). The summed E-state index contributed by atoms with van der Waals surface area (Å²) in [6, 6.07) is 56.0. The van der Waals surface area contributed by atoms with Crippen LogP contribution in [0.2, 0.25) is 0 Å². The lowest BCUT2D eigenvalue weighted by molar-refractivity contribution is 0.746. The Balaban J connectivity index is -0.000000303. The maximum absolute atomic E-state index is 2.28. The fraction of sp³-hybridized carbons (Fsp3) is 0.489. The smallest absolute Gasteiger partial charge is 0.00577 e. The van der Waals surface area contributed by atoms with Crippen LogP contribution in [0.25, 0.3) is 16.3 Å². The number of hydrogen-bond acceptors (Lipinski definition) is 0. The van der Waals surface area contributed by atoms with Crippen LogP contribution in [0.1, 0.15) is 310 Å². The van der Waals surface area contributed by atoms with Gasteiger partial charge in [-0.05, 0) is 186 Å². The van der Waals surface area contributed by atoms with Crippen LogP contribution in [0.15, 0.2) is 187 Å². The third-order valence-electron chi connectivity index (χ3n) is 14.7. The lowest BCUT2D eigenvalue weighted by atomic mass is 9.92. The topological polar surface area (TPSA) is 0 Å². The second kappa shape index (κ2) is 57.0. The molecule has 0 N–H and O–H groups in total. The standard InChI is InChI=1S/C14H16.C13H16.4C10H14.C9H14.7C2H6/c1-10(2)14-11(3)8-9-12-6-4-5-7-13(12)14;1-9(2)13-10(3)8-11-6-4-5-7-12(11)13;4*1-8(2)10-7-5-4-6-9(10)3;1-7(2)9-6-4-5-8(9)3;7*1-2/h4-10H,1-3H3;4-7,9H,8H2,1-3H3;4*4-8H,1-3H3;4-5,7H,6H2,1-3H3;7*1-2H3. The Labute approximate surface area is 563 Å². The van der Waals surface area contributed by atoms with Gasteiger partial charge in [0.15, 0.2) is 0 Å². The van der Waals surface area contributed by atoms with E-state index in [4.69, 9.17) is 0 Å². The number of benzene rings is 7. The molecule has 2 aliphatic carbocycles. The Morgan fingerprint density at radius 1 is 0.289 bits per heavy atom. The van der Waals surface area contributed by atoms with E-state index in [9.17, 15) is 0 Å². The summed E-state index contributed by atoms with van der Waals surface area (Å²) >= 11 is 0. The van der Waals surface area contributed by atoms with E-state index in [2.05, 4.69) is 315 Å². The molecule has 0 fully saturated rings. The zero-order chi connectivity index (χ0) is 70.6. The second-order valence-electron chi connectivity index (χ2n) is 23.4. The fourth-order valence-corrected chi connectivity index (χ4v) is 10.8. The van der Waals surface area contributed by atoms with E-state index in [1.54, 1.807) is 16.7 Å². The molecule has 0 spiro atoms. The molecular formula is C90H144. The third-order valence-corrected chi connectivity index (χ3v) is 14.7. The highest BCUT2D eigenvalue weighted by Gasteiger charge is 2.20. The predicted octanol–water partition coefficient (Wildman–Crippen LogP) is 30.5. The van der Waals surface area contributed by atoms with Crippen LogP contribution in [-0.2, 0) is 6.42 Å².